The Morgan fingerprint density at radius 3 is 1.72 bits per heavy atom. The van der Waals surface area contributed by atoms with Gasteiger partial charge in [0.2, 0.25) is 5.69 Å². The maximum Gasteiger partial charge on any atom is 0.220 e. The van der Waals surface area contributed by atoms with E-state index in [-0.39, 0.29) is 0 Å². The summed E-state index contributed by atoms with van der Waals surface area (Å²) in [6.07, 6.45) is 0. The molecule has 0 spiro atoms. The molecule has 0 unspecified atom stereocenters. The van der Waals surface area contributed by atoms with E-state index in [1.54, 1.807) is 11.3 Å². The van der Waals surface area contributed by atoms with Crippen molar-refractivity contribution >= 4 is 125 Å². The molecule has 7 heteroatoms. The van der Waals surface area contributed by atoms with Crippen LogP contribution in [0.5, 0.6) is 0 Å². The topological polar surface area (TPSA) is 64.3 Å². The van der Waals surface area contributed by atoms with Gasteiger partial charge < -0.3 is 18.0 Å². The summed E-state index contributed by atoms with van der Waals surface area (Å²) in [5, 5.41) is 22.4. The predicted molar refractivity (Wildman–Crippen MR) is 310 cm³/mol. The van der Waals surface area contributed by atoms with Crippen LogP contribution in [0.2, 0.25) is 0 Å². The van der Waals surface area contributed by atoms with Crippen LogP contribution in [0.15, 0.2) is 227 Å². The Bertz CT molecular complexity index is 5070. The van der Waals surface area contributed by atoms with Crippen molar-refractivity contribution in [3.63, 3.8) is 0 Å². The summed E-state index contributed by atoms with van der Waals surface area (Å²) in [5.41, 5.74) is 13.5. The first-order chi connectivity index (χ1) is 37.2. The zero-order valence-electron chi connectivity index (χ0n) is 39.8. The lowest BCUT2D eigenvalue weighted by molar-refractivity contribution is 0.671. The Kier molecular flexibility index (Phi) is 8.65. The Hall–Kier alpha value is -10.2. The zero-order valence-corrected chi connectivity index (χ0v) is 40.6. The van der Waals surface area contributed by atoms with E-state index < -0.39 is 0 Å². The second-order valence-corrected chi connectivity index (χ2v) is 20.2. The number of benzene rings is 11. The van der Waals surface area contributed by atoms with Crippen LogP contribution >= 0.6 is 11.3 Å². The Labute approximate surface area is 431 Å². The molecule has 0 amide bonds. The standard InChI is InChI=1S/C68H36N4O2S/c1-70-60-57(40-20-7-3-8-21-40)52(38-69)61(71-53-28-14-11-24-43(53)46-34-37-51-59-42(39-18-5-2-6-19-39)27-17-30-55(59)74-67(51)62(46)71)58(41-22-9-4-10-23-41)65(60)72-63-47(32-35-49-44-25-12-15-29-54(44)73-66(49)63)48-33-36-50-45-26-13-16-31-56(45)75-68(50)64(48)72/h2-37H. The number of rotatable bonds is 5. The fourth-order valence-corrected chi connectivity index (χ4v) is 13.6. The lowest BCUT2D eigenvalue weighted by Gasteiger charge is -2.25. The Morgan fingerprint density at radius 2 is 0.973 bits per heavy atom. The molecule has 0 saturated carbocycles. The first-order valence-electron chi connectivity index (χ1n) is 24.9. The van der Waals surface area contributed by atoms with E-state index in [9.17, 15) is 11.8 Å². The van der Waals surface area contributed by atoms with Crippen LogP contribution in [0.3, 0.4) is 0 Å². The minimum atomic E-state index is 0.354. The highest BCUT2D eigenvalue weighted by Crippen LogP contribution is 2.55. The summed E-state index contributed by atoms with van der Waals surface area (Å²) in [4.78, 5) is 4.64. The SMILES string of the molecule is [C-]#[N+]c1c(-c2ccccc2)c(C#N)c(-n2c3ccccc3c3ccc4c(oc5cccc(-c6ccccc6)c54)c32)c(-c2ccccc2)c1-n1c2c(ccc3c4ccccc4oc32)c2ccc3c4ccccc4sc3c21. The van der Waals surface area contributed by atoms with E-state index in [2.05, 4.69) is 166 Å². The van der Waals surface area contributed by atoms with Gasteiger partial charge in [0.25, 0.3) is 0 Å². The predicted octanol–water partition coefficient (Wildman–Crippen LogP) is 19.5. The van der Waals surface area contributed by atoms with Gasteiger partial charge >= 0.3 is 0 Å². The third-order valence-electron chi connectivity index (χ3n) is 15.4. The molecule has 346 valence electrons. The van der Waals surface area contributed by atoms with Crippen molar-refractivity contribution in [1.82, 2.24) is 9.13 Å². The maximum absolute atomic E-state index is 12.2. The van der Waals surface area contributed by atoms with Crippen molar-refractivity contribution in [2.24, 2.45) is 0 Å². The third kappa shape index (κ3) is 5.65. The molecule has 0 N–H and O–H groups in total. The number of para-hydroxylation sites is 2. The van der Waals surface area contributed by atoms with Crippen molar-refractivity contribution in [1.29, 1.82) is 5.26 Å². The van der Waals surface area contributed by atoms with Crippen molar-refractivity contribution in [2.45, 2.75) is 0 Å². The molecule has 6 nitrogen and oxygen atoms in total. The van der Waals surface area contributed by atoms with E-state index in [1.165, 1.54) is 10.1 Å². The minimum absolute atomic E-state index is 0.354. The van der Waals surface area contributed by atoms with Gasteiger partial charge in [0, 0.05) is 69.7 Å². The van der Waals surface area contributed by atoms with Crippen molar-refractivity contribution in [3.8, 4) is 50.8 Å². The van der Waals surface area contributed by atoms with Crippen LogP contribution in [0.25, 0.3) is 157 Å². The second-order valence-electron chi connectivity index (χ2n) is 19.2. The normalized spacial score (nSPS) is 12.0. The van der Waals surface area contributed by atoms with Gasteiger partial charge in [-0.05, 0) is 58.7 Å². The summed E-state index contributed by atoms with van der Waals surface area (Å²) in [7, 11) is 0. The average Bonchev–Trinajstić information content (AvgIpc) is 4.46. The molecule has 0 aliphatic carbocycles. The molecule has 0 saturated heterocycles. The number of fused-ring (bicyclic) bond motifs is 18. The van der Waals surface area contributed by atoms with Crippen LogP contribution in [0, 0.1) is 17.9 Å². The maximum atomic E-state index is 12.2. The summed E-state index contributed by atoms with van der Waals surface area (Å²) in [6.45, 7) is 9.55. The number of hydrogen-bond donors (Lipinski definition) is 0. The number of furan rings is 2. The highest BCUT2D eigenvalue weighted by Gasteiger charge is 2.34. The summed E-state index contributed by atoms with van der Waals surface area (Å²) in [5.74, 6) is 0. The van der Waals surface area contributed by atoms with Gasteiger partial charge in [-0.25, -0.2) is 4.85 Å². The van der Waals surface area contributed by atoms with Crippen LogP contribution in [0.4, 0.5) is 5.69 Å². The molecule has 0 bridgehead atoms. The van der Waals surface area contributed by atoms with Crippen molar-refractivity contribution in [2.75, 3.05) is 0 Å². The number of thiophene rings is 1. The summed E-state index contributed by atoms with van der Waals surface area (Å²) >= 11 is 1.76. The quantitative estimate of drug-likeness (QED) is 0.161. The van der Waals surface area contributed by atoms with Crippen LogP contribution in [-0.2, 0) is 0 Å². The first kappa shape index (κ1) is 41.4. The monoisotopic (exact) mass is 972 g/mol. The average molecular weight is 973 g/mol. The molecule has 5 aromatic heterocycles. The van der Waals surface area contributed by atoms with Gasteiger partial charge in [0.1, 0.15) is 17.2 Å². The van der Waals surface area contributed by atoms with E-state index >= 15 is 0 Å². The van der Waals surface area contributed by atoms with Crippen LogP contribution < -0.4 is 0 Å². The number of aromatic nitrogens is 2. The van der Waals surface area contributed by atoms with Gasteiger partial charge in [0.15, 0.2) is 11.2 Å². The molecule has 16 aromatic rings. The van der Waals surface area contributed by atoms with E-state index in [1.807, 2.05) is 72.8 Å². The molecule has 0 aliphatic rings. The number of nitriles is 1. The van der Waals surface area contributed by atoms with Crippen LogP contribution in [-0.4, -0.2) is 9.13 Å². The second kappa shape index (κ2) is 15.7. The van der Waals surface area contributed by atoms with Gasteiger partial charge in [-0.1, -0.05) is 182 Å². The Morgan fingerprint density at radius 1 is 0.427 bits per heavy atom. The number of hydrogen-bond acceptors (Lipinski definition) is 4. The molecule has 5 heterocycles. The highest BCUT2D eigenvalue weighted by molar-refractivity contribution is 7.26. The number of nitrogens with zero attached hydrogens (tertiary/aromatic N) is 4. The molecular weight excluding hydrogens is 937 g/mol. The van der Waals surface area contributed by atoms with Crippen molar-refractivity contribution in [3.05, 3.63) is 235 Å². The largest absolute Gasteiger partial charge is 0.454 e. The first-order valence-corrected chi connectivity index (χ1v) is 25.7. The van der Waals surface area contributed by atoms with Crippen molar-refractivity contribution < 1.29 is 8.83 Å². The van der Waals surface area contributed by atoms with Gasteiger partial charge in [-0.3, -0.25) is 0 Å². The van der Waals surface area contributed by atoms with Crippen LogP contribution in [0.1, 0.15) is 5.56 Å². The molecule has 16 rings (SSSR count). The molecule has 0 aliphatic heterocycles. The minimum Gasteiger partial charge on any atom is -0.454 e. The van der Waals surface area contributed by atoms with Gasteiger partial charge in [-0.15, -0.1) is 11.3 Å². The Balaban J connectivity index is 1.19. The van der Waals surface area contributed by atoms with Gasteiger partial charge in [0.05, 0.1) is 50.3 Å². The van der Waals surface area contributed by atoms with E-state index in [0.717, 1.165) is 120 Å². The fourth-order valence-electron chi connectivity index (χ4n) is 12.3. The lowest BCUT2D eigenvalue weighted by atomic mass is 9.88. The highest BCUT2D eigenvalue weighted by atomic mass is 32.1. The summed E-state index contributed by atoms with van der Waals surface area (Å²) in [6, 6.07) is 78.3. The molecule has 0 fully saturated rings. The molecule has 0 radical (unpaired) electrons. The fraction of sp³-hybridized carbons (Fsp3) is 0. The van der Waals surface area contributed by atoms with Gasteiger partial charge in [-0.2, -0.15) is 5.26 Å². The zero-order chi connectivity index (χ0) is 49.5. The molecule has 75 heavy (non-hydrogen) atoms. The smallest absolute Gasteiger partial charge is 0.220 e. The van der Waals surface area contributed by atoms with E-state index in [4.69, 9.17) is 8.83 Å². The third-order valence-corrected chi connectivity index (χ3v) is 16.6. The molecular formula is C68H36N4O2S. The summed E-state index contributed by atoms with van der Waals surface area (Å²) < 4.78 is 21.1. The lowest BCUT2D eigenvalue weighted by Crippen LogP contribution is -2.09. The molecule has 11 aromatic carbocycles. The van der Waals surface area contributed by atoms with E-state index in [0.29, 0.717) is 33.8 Å². The molecule has 0 atom stereocenters.